The third kappa shape index (κ3) is 3.00. The first-order valence-electron chi connectivity index (χ1n) is 6.95. The lowest BCUT2D eigenvalue weighted by Gasteiger charge is -2.35. The molecule has 1 aromatic rings. The van der Waals surface area contributed by atoms with Crippen LogP contribution < -0.4 is 16.8 Å². The molecular weight excluding hydrogens is 238 g/mol. The zero-order valence-electron chi connectivity index (χ0n) is 11.6. The molecule has 4 heteroatoms. The van der Waals surface area contributed by atoms with Crippen molar-refractivity contribution in [2.75, 3.05) is 11.1 Å². The Hall–Kier alpha value is -1.71. The maximum Gasteiger partial charge on any atom is 0.250 e. The minimum absolute atomic E-state index is 0.390. The van der Waals surface area contributed by atoms with E-state index in [1.54, 1.807) is 12.1 Å². The second kappa shape index (κ2) is 5.51. The lowest BCUT2D eigenvalue weighted by molar-refractivity contribution is 0.100. The Kier molecular flexibility index (Phi) is 3.98. The highest BCUT2D eigenvalue weighted by molar-refractivity contribution is 5.98. The van der Waals surface area contributed by atoms with Crippen LogP contribution in [0.5, 0.6) is 0 Å². The molecule has 1 saturated carbocycles. The van der Waals surface area contributed by atoms with Crippen LogP contribution in [-0.2, 0) is 0 Å². The molecule has 1 amide bonds. The van der Waals surface area contributed by atoms with Crippen molar-refractivity contribution >= 4 is 17.3 Å². The van der Waals surface area contributed by atoms with Crippen LogP contribution in [0.1, 0.15) is 43.5 Å². The van der Waals surface area contributed by atoms with Crippen molar-refractivity contribution in [3.8, 4) is 0 Å². The van der Waals surface area contributed by atoms with E-state index >= 15 is 0 Å². The molecule has 0 bridgehead atoms. The molecule has 5 N–H and O–H groups in total. The van der Waals surface area contributed by atoms with E-state index in [9.17, 15) is 4.79 Å². The Bertz CT molecular complexity index is 472. The number of anilines is 2. The van der Waals surface area contributed by atoms with Gasteiger partial charge in [-0.2, -0.15) is 0 Å². The van der Waals surface area contributed by atoms with Crippen LogP contribution in [-0.4, -0.2) is 11.9 Å². The second-order valence-electron chi connectivity index (χ2n) is 5.68. The number of amides is 1. The second-order valence-corrected chi connectivity index (χ2v) is 5.68. The van der Waals surface area contributed by atoms with Crippen molar-refractivity contribution in [2.24, 2.45) is 17.6 Å². The number of carbonyl (C=O) groups is 1. The summed E-state index contributed by atoms with van der Waals surface area (Å²) in [7, 11) is 0. The summed E-state index contributed by atoms with van der Waals surface area (Å²) in [5, 5.41) is 3.52. The van der Waals surface area contributed by atoms with Crippen LogP contribution in [0.2, 0.25) is 0 Å². The molecule has 0 heterocycles. The van der Waals surface area contributed by atoms with Crippen LogP contribution in [0, 0.1) is 11.8 Å². The molecule has 0 aliphatic heterocycles. The normalized spacial score (nSPS) is 26.9. The molecule has 1 aromatic carbocycles. The third-order valence-electron chi connectivity index (χ3n) is 4.38. The van der Waals surface area contributed by atoms with Gasteiger partial charge in [0, 0.05) is 17.4 Å². The van der Waals surface area contributed by atoms with Gasteiger partial charge >= 0.3 is 0 Å². The van der Waals surface area contributed by atoms with Gasteiger partial charge < -0.3 is 16.8 Å². The molecule has 1 fully saturated rings. The molecule has 104 valence electrons. The molecule has 0 saturated heterocycles. The lowest BCUT2D eigenvalue weighted by Crippen LogP contribution is -2.35. The number of hydrogen-bond acceptors (Lipinski definition) is 3. The number of benzene rings is 1. The Morgan fingerprint density at radius 1 is 1.32 bits per heavy atom. The topological polar surface area (TPSA) is 81.1 Å². The molecule has 0 aromatic heterocycles. The fourth-order valence-electron chi connectivity index (χ4n) is 2.86. The van der Waals surface area contributed by atoms with E-state index in [0.717, 1.165) is 11.6 Å². The molecule has 19 heavy (non-hydrogen) atoms. The Labute approximate surface area is 114 Å². The van der Waals surface area contributed by atoms with Gasteiger partial charge in [-0.3, -0.25) is 4.79 Å². The summed E-state index contributed by atoms with van der Waals surface area (Å²) < 4.78 is 0. The third-order valence-corrected chi connectivity index (χ3v) is 4.38. The average Bonchev–Trinajstić information content (AvgIpc) is 2.37. The fourth-order valence-corrected chi connectivity index (χ4v) is 2.86. The fraction of sp³-hybridized carbons (Fsp3) is 0.533. The number of carbonyl (C=O) groups excluding carboxylic acids is 1. The first-order valence-corrected chi connectivity index (χ1v) is 6.95. The standard InChI is InChI=1S/C15H23N3O/c1-9-4-3-5-14(10(9)2)18-11-6-7-13(16)12(8-11)15(17)19/h6-10,14,18H,3-5,16H2,1-2H3,(H2,17,19). The number of nitrogens with one attached hydrogen (secondary N) is 1. The zero-order chi connectivity index (χ0) is 14.0. The monoisotopic (exact) mass is 261 g/mol. The van der Waals surface area contributed by atoms with Crippen LogP contribution in [0.3, 0.4) is 0 Å². The van der Waals surface area contributed by atoms with Crippen molar-refractivity contribution in [3.63, 3.8) is 0 Å². The molecule has 1 aliphatic carbocycles. The summed E-state index contributed by atoms with van der Waals surface area (Å²) in [5.41, 5.74) is 12.8. The first kappa shape index (κ1) is 13.7. The summed E-state index contributed by atoms with van der Waals surface area (Å²) in [6.45, 7) is 4.59. The number of primary amides is 1. The molecule has 0 spiro atoms. The van der Waals surface area contributed by atoms with E-state index in [0.29, 0.717) is 23.2 Å². The summed E-state index contributed by atoms with van der Waals surface area (Å²) in [4.78, 5) is 11.3. The van der Waals surface area contributed by atoms with Gasteiger partial charge in [-0.15, -0.1) is 0 Å². The number of hydrogen-bond donors (Lipinski definition) is 3. The van der Waals surface area contributed by atoms with E-state index in [1.165, 1.54) is 19.3 Å². The summed E-state index contributed by atoms with van der Waals surface area (Å²) in [5.74, 6) is 0.880. The van der Waals surface area contributed by atoms with Gasteiger partial charge in [0.05, 0.1) is 5.56 Å². The van der Waals surface area contributed by atoms with Gasteiger partial charge in [0.2, 0.25) is 0 Å². The van der Waals surface area contributed by atoms with E-state index < -0.39 is 5.91 Å². The number of nitrogen functional groups attached to an aromatic ring is 1. The molecular formula is C15H23N3O. The number of nitrogens with two attached hydrogens (primary N) is 2. The Morgan fingerprint density at radius 2 is 2.05 bits per heavy atom. The van der Waals surface area contributed by atoms with Crippen molar-refractivity contribution in [3.05, 3.63) is 23.8 Å². The van der Waals surface area contributed by atoms with Crippen LogP contribution in [0.4, 0.5) is 11.4 Å². The van der Waals surface area contributed by atoms with Crippen LogP contribution >= 0.6 is 0 Å². The molecule has 3 unspecified atom stereocenters. The Balaban J connectivity index is 2.15. The zero-order valence-corrected chi connectivity index (χ0v) is 11.6. The lowest BCUT2D eigenvalue weighted by atomic mass is 9.78. The van der Waals surface area contributed by atoms with E-state index in [2.05, 4.69) is 19.2 Å². The average molecular weight is 261 g/mol. The quantitative estimate of drug-likeness (QED) is 0.731. The predicted octanol–water partition coefficient (Wildman–Crippen LogP) is 2.60. The molecule has 0 radical (unpaired) electrons. The van der Waals surface area contributed by atoms with Crippen molar-refractivity contribution in [1.82, 2.24) is 0 Å². The van der Waals surface area contributed by atoms with Crippen LogP contribution in [0.25, 0.3) is 0 Å². The maximum atomic E-state index is 11.3. The van der Waals surface area contributed by atoms with Crippen LogP contribution in [0.15, 0.2) is 18.2 Å². The van der Waals surface area contributed by atoms with Gasteiger partial charge in [-0.25, -0.2) is 0 Å². The molecule has 4 nitrogen and oxygen atoms in total. The number of rotatable bonds is 3. The minimum Gasteiger partial charge on any atom is -0.398 e. The Morgan fingerprint density at radius 3 is 2.74 bits per heavy atom. The largest absolute Gasteiger partial charge is 0.398 e. The van der Waals surface area contributed by atoms with Crippen molar-refractivity contribution < 1.29 is 4.79 Å². The summed E-state index contributed by atoms with van der Waals surface area (Å²) >= 11 is 0. The van der Waals surface area contributed by atoms with Gasteiger partial charge in [0.25, 0.3) is 5.91 Å². The van der Waals surface area contributed by atoms with E-state index in [1.807, 2.05) is 6.07 Å². The van der Waals surface area contributed by atoms with Gasteiger partial charge in [-0.1, -0.05) is 26.7 Å². The van der Waals surface area contributed by atoms with Crippen molar-refractivity contribution in [2.45, 2.75) is 39.2 Å². The molecule has 2 rings (SSSR count). The highest BCUT2D eigenvalue weighted by Crippen LogP contribution is 2.32. The highest BCUT2D eigenvalue weighted by Gasteiger charge is 2.26. The highest BCUT2D eigenvalue weighted by atomic mass is 16.1. The first-order chi connectivity index (χ1) is 8.99. The SMILES string of the molecule is CC1CCCC(Nc2ccc(N)c(C(N)=O)c2)C1C. The predicted molar refractivity (Wildman–Crippen MR) is 79.0 cm³/mol. The summed E-state index contributed by atoms with van der Waals surface area (Å²) in [6, 6.07) is 5.85. The maximum absolute atomic E-state index is 11.3. The van der Waals surface area contributed by atoms with E-state index in [-0.39, 0.29) is 0 Å². The molecule has 1 aliphatic rings. The minimum atomic E-state index is -0.480. The van der Waals surface area contributed by atoms with Gasteiger partial charge in [0.1, 0.15) is 0 Å². The van der Waals surface area contributed by atoms with E-state index in [4.69, 9.17) is 11.5 Å². The molecule has 3 atom stereocenters. The summed E-state index contributed by atoms with van der Waals surface area (Å²) in [6.07, 6.45) is 3.72. The van der Waals surface area contributed by atoms with Gasteiger partial charge in [0.15, 0.2) is 0 Å². The van der Waals surface area contributed by atoms with Crippen molar-refractivity contribution in [1.29, 1.82) is 0 Å². The van der Waals surface area contributed by atoms with Gasteiger partial charge in [-0.05, 0) is 36.5 Å². The smallest absolute Gasteiger partial charge is 0.250 e.